The Morgan fingerprint density at radius 1 is 1.14 bits per heavy atom. The fraction of sp³-hybridized carbons (Fsp3) is 0.562. The van der Waals surface area contributed by atoms with Crippen molar-refractivity contribution in [3.05, 3.63) is 35.4 Å². The Kier molecular flexibility index (Phi) is 5.73. The van der Waals surface area contributed by atoms with Crippen LogP contribution in [0.5, 0.6) is 0 Å². The number of rotatable bonds is 5. The highest BCUT2D eigenvalue weighted by atomic mass is 16.2. The lowest BCUT2D eigenvalue weighted by atomic mass is 10.1. The number of carbonyl (C=O) groups excluding carboxylic acids is 1. The average Bonchev–Trinajstić information content (AvgIpc) is 2.49. The summed E-state index contributed by atoms with van der Waals surface area (Å²) in [7, 11) is 0. The quantitative estimate of drug-likeness (QED) is 0.477. The minimum Gasteiger partial charge on any atom is -0.298 e. The summed E-state index contributed by atoms with van der Waals surface area (Å²) in [5.41, 5.74) is 4.44. The molecule has 21 heavy (non-hydrogen) atoms. The predicted molar refractivity (Wildman–Crippen MR) is 84.5 cm³/mol. The standard InChI is InChI=1S/C16H26N4O/c1-13(2)20-9-7-19(8-10-20)12-15-5-3-14(4-6-15)11-16(21)18-17/h3-6,13H,7-12,17H2,1-2H3,(H,18,21). The van der Waals surface area contributed by atoms with Crippen LogP contribution in [0, 0.1) is 0 Å². The summed E-state index contributed by atoms with van der Waals surface area (Å²) >= 11 is 0. The Labute approximate surface area is 127 Å². The van der Waals surface area contributed by atoms with E-state index in [1.165, 1.54) is 5.56 Å². The van der Waals surface area contributed by atoms with Crippen LogP contribution >= 0.6 is 0 Å². The van der Waals surface area contributed by atoms with Gasteiger partial charge in [-0.05, 0) is 25.0 Å². The Balaban J connectivity index is 1.82. The number of hydrogen-bond acceptors (Lipinski definition) is 4. The summed E-state index contributed by atoms with van der Waals surface area (Å²) in [5.74, 6) is 4.94. The average molecular weight is 290 g/mol. The van der Waals surface area contributed by atoms with Crippen molar-refractivity contribution in [1.29, 1.82) is 0 Å². The Morgan fingerprint density at radius 3 is 2.24 bits per heavy atom. The van der Waals surface area contributed by atoms with Crippen molar-refractivity contribution in [3.8, 4) is 0 Å². The molecule has 0 bridgehead atoms. The number of amides is 1. The van der Waals surface area contributed by atoms with Crippen LogP contribution < -0.4 is 11.3 Å². The highest BCUT2D eigenvalue weighted by Gasteiger charge is 2.18. The first-order valence-electron chi connectivity index (χ1n) is 7.62. The molecule has 1 heterocycles. The molecular weight excluding hydrogens is 264 g/mol. The first-order valence-corrected chi connectivity index (χ1v) is 7.62. The molecule has 3 N–H and O–H groups in total. The molecule has 0 aromatic heterocycles. The maximum Gasteiger partial charge on any atom is 0.238 e. The van der Waals surface area contributed by atoms with Gasteiger partial charge < -0.3 is 0 Å². The van der Waals surface area contributed by atoms with Crippen molar-refractivity contribution in [1.82, 2.24) is 15.2 Å². The topological polar surface area (TPSA) is 61.6 Å². The van der Waals surface area contributed by atoms with Crippen LogP contribution in [-0.4, -0.2) is 47.9 Å². The molecule has 0 radical (unpaired) electrons. The molecule has 1 amide bonds. The van der Waals surface area contributed by atoms with E-state index in [4.69, 9.17) is 5.84 Å². The van der Waals surface area contributed by atoms with Gasteiger partial charge in [0.25, 0.3) is 0 Å². The van der Waals surface area contributed by atoms with E-state index in [1.54, 1.807) is 0 Å². The van der Waals surface area contributed by atoms with Gasteiger partial charge in [-0.1, -0.05) is 24.3 Å². The maximum absolute atomic E-state index is 11.2. The van der Waals surface area contributed by atoms with Crippen LogP contribution in [0.2, 0.25) is 0 Å². The second kappa shape index (κ2) is 7.54. The van der Waals surface area contributed by atoms with Gasteiger partial charge in [-0.2, -0.15) is 0 Å². The molecular formula is C16H26N4O. The van der Waals surface area contributed by atoms with Gasteiger partial charge in [-0.3, -0.25) is 20.0 Å². The monoisotopic (exact) mass is 290 g/mol. The number of hydrogen-bond donors (Lipinski definition) is 2. The molecule has 5 nitrogen and oxygen atoms in total. The minimum absolute atomic E-state index is 0.160. The fourth-order valence-electron chi connectivity index (χ4n) is 2.70. The number of nitrogens with two attached hydrogens (primary N) is 1. The van der Waals surface area contributed by atoms with Crippen LogP contribution in [0.4, 0.5) is 0 Å². The van der Waals surface area contributed by atoms with E-state index in [2.05, 4.69) is 41.2 Å². The number of hydrazine groups is 1. The van der Waals surface area contributed by atoms with Crippen molar-refractivity contribution in [2.24, 2.45) is 5.84 Å². The number of nitrogens with one attached hydrogen (secondary N) is 1. The summed E-state index contributed by atoms with van der Waals surface area (Å²) in [5, 5.41) is 0. The van der Waals surface area contributed by atoms with Crippen molar-refractivity contribution in [2.45, 2.75) is 32.9 Å². The number of nitrogens with zero attached hydrogens (tertiary/aromatic N) is 2. The third-order valence-corrected chi connectivity index (χ3v) is 4.09. The second-order valence-corrected chi connectivity index (χ2v) is 5.97. The van der Waals surface area contributed by atoms with E-state index >= 15 is 0 Å². The summed E-state index contributed by atoms with van der Waals surface area (Å²) in [6.45, 7) is 10.0. The fourth-order valence-corrected chi connectivity index (χ4v) is 2.70. The van der Waals surface area contributed by atoms with Crippen LogP contribution in [0.25, 0.3) is 0 Å². The lowest BCUT2D eigenvalue weighted by molar-refractivity contribution is -0.120. The molecule has 1 fully saturated rings. The van der Waals surface area contributed by atoms with E-state index in [9.17, 15) is 4.79 Å². The first kappa shape index (κ1) is 15.9. The zero-order valence-electron chi connectivity index (χ0n) is 13.0. The lowest BCUT2D eigenvalue weighted by Gasteiger charge is -2.36. The smallest absolute Gasteiger partial charge is 0.238 e. The van der Waals surface area contributed by atoms with Crippen LogP contribution in [0.1, 0.15) is 25.0 Å². The van der Waals surface area contributed by atoms with Gasteiger partial charge in [0.05, 0.1) is 6.42 Å². The third kappa shape index (κ3) is 4.81. The highest BCUT2D eigenvalue weighted by molar-refractivity contribution is 5.77. The van der Waals surface area contributed by atoms with Gasteiger partial charge in [0.2, 0.25) is 5.91 Å². The minimum atomic E-state index is -0.160. The van der Waals surface area contributed by atoms with E-state index in [0.717, 1.165) is 38.3 Å². The SMILES string of the molecule is CC(C)N1CCN(Cc2ccc(CC(=O)NN)cc2)CC1. The molecule has 1 saturated heterocycles. The summed E-state index contributed by atoms with van der Waals surface area (Å²) in [6.07, 6.45) is 0.337. The zero-order valence-corrected chi connectivity index (χ0v) is 13.0. The van der Waals surface area contributed by atoms with Gasteiger partial charge in [0, 0.05) is 38.8 Å². The maximum atomic E-state index is 11.2. The number of piperazine rings is 1. The molecule has 1 aliphatic rings. The van der Waals surface area contributed by atoms with Crippen LogP contribution in [-0.2, 0) is 17.8 Å². The second-order valence-electron chi connectivity index (χ2n) is 5.97. The largest absolute Gasteiger partial charge is 0.298 e. The zero-order chi connectivity index (χ0) is 15.2. The van der Waals surface area contributed by atoms with Crippen LogP contribution in [0.15, 0.2) is 24.3 Å². The molecule has 1 aromatic carbocycles. The van der Waals surface area contributed by atoms with Crippen molar-refractivity contribution in [2.75, 3.05) is 26.2 Å². The first-order chi connectivity index (χ1) is 10.1. The van der Waals surface area contributed by atoms with Gasteiger partial charge in [0.15, 0.2) is 0 Å². The lowest BCUT2D eigenvalue weighted by Crippen LogP contribution is -2.48. The van der Waals surface area contributed by atoms with Gasteiger partial charge in [-0.15, -0.1) is 0 Å². The summed E-state index contributed by atoms with van der Waals surface area (Å²) in [6, 6.07) is 8.87. The molecule has 116 valence electrons. The number of carbonyl (C=O) groups is 1. The molecule has 5 heteroatoms. The van der Waals surface area contributed by atoms with Crippen molar-refractivity contribution >= 4 is 5.91 Å². The highest BCUT2D eigenvalue weighted by Crippen LogP contribution is 2.11. The Bertz CT molecular complexity index is 450. The van der Waals surface area contributed by atoms with Gasteiger partial charge in [0.1, 0.15) is 0 Å². The molecule has 0 saturated carbocycles. The third-order valence-electron chi connectivity index (χ3n) is 4.09. The predicted octanol–water partition coefficient (Wildman–Crippen LogP) is 0.745. The van der Waals surface area contributed by atoms with Crippen LogP contribution in [0.3, 0.4) is 0 Å². The van der Waals surface area contributed by atoms with Gasteiger partial charge >= 0.3 is 0 Å². The molecule has 0 atom stereocenters. The molecule has 0 unspecified atom stereocenters. The Morgan fingerprint density at radius 2 is 1.71 bits per heavy atom. The molecule has 0 spiro atoms. The van der Waals surface area contributed by atoms with E-state index < -0.39 is 0 Å². The molecule has 1 aromatic rings. The normalized spacial score (nSPS) is 17.1. The summed E-state index contributed by atoms with van der Waals surface area (Å²) in [4.78, 5) is 16.2. The Hall–Kier alpha value is -1.43. The molecule has 1 aliphatic heterocycles. The number of benzene rings is 1. The van der Waals surface area contributed by atoms with E-state index in [1.807, 2.05) is 12.1 Å². The van der Waals surface area contributed by atoms with Gasteiger partial charge in [-0.25, -0.2) is 5.84 Å². The van der Waals surface area contributed by atoms with E-state index in [-0.39, 0.29) is 5.91 Å². The van der Waals surface area contributed by atoms with Crippen molar-refractivity contribution < 1.29 is 4.79 Å². The summed E-state index contributed by atoms with van der Waals surface area (Å²) < 4.78 is 0. The van der Waals surface area contributed by atoms with E-state index in [0.29, 0.717) is 12.5 Å². The van der Waals surface area contributed by atoms with Crippen molar-refractivity contribution in [3.63, 3.8) is 0 Å². The molecule has 2 rings (SSSR count). The molecule has 0 aliphatic carbocycles.